The molecule has 1 aromatic heterocycles. The van der Waals surface area contributed by atoms with E-state index in [1.807, 2.05) is 6.07 Å². The number of hydrogen-bond donors (Lipinski definition) is 1. The summed E-state index contributed by atoms with van der Waals surface area (Å²) in [7, 11) is -2.73. The molecule has 0 spiro atoms. The van der Waals surface area contributed by atoms with Crippen LogP contribution in [-0.4, -0.2) is 36.1 Å². The molecule has 2 aromatic carbocycles. The summed E-state index contributed by atoms with van der Waals surface area (Å²) in [5, 5.41) is -0.129. The summed E-state index contributed by atoms with van der Waals surface area (Å²) < 4.78 is 37.5. The van der Waals surface area contributed by atoms with Crippen molar-refractivity contribution in [2.75, 3.05) is 11.3 Å². The van der Waals surface area contributed by atoms with Gasteiger partial charge < -0.3 is 4.74 Å². The van der Waals surface area contributed by atoms with Crippen molar-refractivity contribution >= 4 is 39.1 Å². The zero-order chi connectivity index (χ0) is 29.1. The average Bonchev–Trinajstić information content (AvgIpc) is 3.13. The number of nitrogens with one attached hydrogen (secondary N) is 1. The van der Waals surface area contributed by atoms with E-state index in [4.69, 9.17) is 16.3 Å². The van der Waals surface area contributed by atoms with E-state index < -0.39 is 27.0 Å². The number of sulfonamides is 1. The number of aromatic nitrogens is 2. The minimum Gasteiger partial charge on any atom is -0.454 e. The molecule has 4 bridgehead atoms. The van der Waals surface area contributed by atoms with Crippen molar-refractivity contribution in [3.8, 4) is 5.69 Å². The van der Waals surface area contributed by atoms with Gasteiger partial charge >= 0.3 is 5.97 Å². The number of ketones is 1. The summed E-state index contributed by atoms with van der Waals surface area (Å²) in [5.74, 6) is 0.911. The monoisotopic (exact) mass is 597 g/mol. The fourth-order valence-corrected chi connectivity index (χ4v) is 9.17. The summed E-state index contributed by atoms with van der Waals surface area (Å²) in [6.45, 7) is 1.28. The lowest BCUT2D eigenvalue weighted by Gasteiger charge is -2.55. The Labute approximate surface area is 243 Å². The molecule has 1 heterocycles. The minimum atomic E-state index is -4.38. The molecule has 0 saturated heterocycles. The van der Waals surface area contributed by atoms with Crippen LogP contribution in [0, 0.1) is 30.1 Å². The van der Waals surface area contributed by atoms with Crippen molar-refractivity contribution in [3.05, 3.63) is 75.2 Å². The van der Waals surface area contributed by atoms with Crippen molar-refractivity contribution in [1.29, 1.82) is 0 Å². The van der Waals surface area contributed by atoms with E-state index in [-0.39, 0.29) is 33.6 Å². The number of nitrogens with zero attached hydrogens (tertiary/aromatic N) is 2. The first-order valence-corrected chi connectivity index (χ1v) is 15.7. The average molecular weight is 598 g/mol. The van der Waals surface area contributed by atoms with Gasteiger partial charge in [-0.25, -0.2) is 17.9 Å². The molecule has 0 amide bonds. The van der Waals surface area contributed by atoms with Crippen LogP contribution in [0.15, 0.2) is 58.2 Å². The Hall–Kier alpha value is -3.37. The van der Waals surface area contributed by atoms with Crippen LogP contribution in [0.25, 0.3) is 5.69 Å². The van der Waals surface area contributed by atoms with Gasteiger partial charge in [0.05, 0.1) is 22.0 Å². The lowest BCUT2D eigenvalue weighted by molar-refractivity contribution is -0.147. The van der Waals surface area contributed by atoms with Crippen LogP contribution in [-0.2, 0) is 26.6 Å². The number of benzene rings is 2. The lowest BCUT2D eigenvalue weighted by Crippen LogP contribution is -2.51. The maximum Gasteiger partial charge on any atom is 0.338 e. The smallest absolute Gasteiger partial charge is 0.338 e. The van der Waals surface area contributed by atoms with Crippen molar-refractivity contribution in [2.45, 2.75) is 50.3 Å². The van der Waals surface area contributed by atoms with Gasteiger partial charge in [0.1, 0.15) is 10.6 Å². The lowest BCUT2D eigenvalue weighted by atomic mass is 9.48. The SMILES string of the molecule is Cc1c(NS(=O)(=O)c2cc(C(=O)OCC(=O)C34CC5CC(CC(C5)C3)C4)ccc2Cl)c(=O)n(-c2ccccc2)n1C. The fraction of sp³-hybridized carbons (Fsp3) is 0.433. The van der Waals surface area contributed by atoms with Crippen molar-refractivity contribution in [1.82, 2.24) is 9.36 Å². The molecule has 216 valence electrons. The predicted octanol–water partition coefficient (Wildman–Crippen LogP) is 4.88. The summed E-state index contributed by atoms with van der Waals surface area (Å²) in [6.07, 6.45) is 6.21. The van der Waals surface area contributed by atoms with Gasteiger partial charge in [-0.15, -0.1) is 0 Å². The van der Waals surface area contributed by atoms with Crippen molar-refractivity contribution in [2.24, 2.45) is 30.2 Å². The molecule has 9 nitrogen and oxygen atoms in total. The van der Waals surface area contributed by atoms with Crippen molar-refractivity contribution in [3.63, 3.8) is 0 Å². The highest BCUT2D eigenvalue weighted by Crippen LogP contribution is 2.60. The number of rotatable bonds is 8. The Morgan fingerprint density at radius 3 is 2.24 bits per heavy atom. The molecule has 4 saturated carbocycles. The third-order valence-corrected chi connectivity index (χ3v) is 11.0. The van der Waals surface area contributed by atoms with Gasteiger partial charge in [0, 0.05) is 12.5 Å². The minimum absolute atomic E-state index is 0.0392. The van der Waals surface area contributed by atoms with Gasteiger partial charge in [-0.2, -0.15) is 0 Å². The predicted molar refractivity (Wildman–Crippen MR) is 154 cm³/mol. The molecular weight excluding hydrogens is 566 g/mol. The maximum absolute atomic E-state index is 13.4. The van der Waals surface area contributed by atoms with Crippen molar-refractivity contribution < 1.29 is 22.7 Å². The standard InChI is InChI=1S/C30H32ClN3O6S/c1-18-27(28(36)34(33(18)2)23-6-4-3-5-7-23)32-41(38,39)25-13-22(8-9-24(25)31)29(37)40-17-26(35)30-14-19-10-20(15-30)12-21(11-19)16-30/h3-9,13,19-21,32H,10-12,14-17H2,1-2H3. The molecular formula is C30H32ClN3O6S. The summed E-state index contributed by atoms with van der Waals surface area (Å²) in [6, 6.07) is 12.6. The van der Waals surface area contributed by atoms with E-state index in [0.29, 0.717) is 29.1 Å². The third kappa shape index (κ3) is 4.91. The van der Waals surface area contributed by atoms with Crippen LogP contribution in [0.2, 0.25) is 5.02 Å². The molecule has 11 heteroatoms. The summed E-state index contributed by atoms with van der Waals surface area (Å²) in [5.41, 5.74) is -0.194. The molecule has 3 aromatic rings. The van der Waals surface area contributed by atoms with Crippen LogP contribution >= 0.6 is 11.6 Å². The number of carbonyl (C=O) groups excluding carboxylic acids is 2. The van der Waals surface area contributed by atoms with E-state index in [1.54, 1.807) is 42.9 Å². The zero-order valence-corrected chi connectivity index (χ0v) is 24.5. The van der Waals surface area contributed by atoms with Crippen LogP contribution in [0.5, 0.6) is 0 Å². The van der Waals surface area contributed by atoms with Gasteiger partial charge in [-0.3, -0.25) is 19.0 Å². The number of Topliss-reactive ketones (excluding diaryl/α,β-unsaturated/α-hetero) is 1. The maximum atomic E-state index is 13.4. The van der Waals surface area contributed by atoms with Gasteiger partial charge in [-0.1, -0.05) is 29.8 Å². The number of carbonyl (C=O) groups is 2. The summed E-state index contributed by atoms with van der Waals surface area (Å²) >= 11 is 6.25. The Balaban J connectivity index is 1.20. The first-order valence-electron chi connectivity index (χ1n) is 13.8. The molecule has 0 aliphatic heterocycles. The van der Waals surface area contributed by atoms with E-state index in [9.17, 15) is 22.8 Å². The second-order valence-electron chi connectivity index (χ2n) is 11.9. The Bertz CT molecular complexity index is 1670. The van der Waals surface area contributed by atoms with Crippen LogP contribution in [0.1, 0.15) is 54.6 Å². The molecule has 7 rings (SSSR count). The number of hydrogen-bond acceptors (Lipinski definition) is 6. The van der Waals surface area contributed by atoms with Crippen LogP contribution < -0.4 is 10.3 Å². The molecule has 4 aliphatic rings. The van der Waals surface area contributed by atoms with Gasteiger partial charge in [0.15, 0.2) is 12.4 Å². The Morgan fingerprint density at radius 2 is 1.63 bits per heavy atom. The quantitative estimate of drug-likeness (QED) is 0.370. The first kappa shape index (κ1) is 27.8. The second kappa shape index (κ2) is 10.2. The third-order valence-electron chi connectivity index (χ3n) is 9.21. The fourth-order valence-electron chi connectivity index (χ4n) is 7.53. The highest BCUT2D eigenvalue weighted by Gasteiger charge is 2.54. The highest BCUT2D eigenvalue weighted by atomic mass is 35.5. The number of para-hydroxylation sites is 1. The van der Waals surface area contributed by atoms with E-state index in [0.717, 1.165) is 25.3 Å². The van der Waals surface area contributed by atoms with Crippen LogP contribution in [0.4, 0.5) is 5.69 Å². The first-order chi connectivity index (χ1) is 19.5. The molecule has 0 unspecified atom stereocenters. The Morgan fingerprint density at radius 1 is 1.02 bits per heavy atom. The topological polar surface area (TPSA) is 116 Å². The van der Waals surface area contributed by atoms with E-state index in [2.05, 4.69) is 4.72 Å². The van der Waals surface area contributed by atoms with Gasteiger partial charge in [0.2, 0.25) is 0 Å². The van der Waals surface area contributed by atoms with Crippen LogP contribution in [0.3, 0.4) is 0 Å². The number of ether oxygens (including phenoxy) is 1. The largest absolute Gasteiger partial charge is 0.454 e. The molecule has 4 aliphatic carbocycles. The molecule has 0 atom stereocenters. The number of anilines is 1. The van der Waals surface area contributed by atoms with E-state index >= 15 is 0 Å². The Kier molecular flexibility index (Phi) is 6.89. The molecule has 41 heavy (non-hydrogen) atoms. The highest BCUT2D eigenvalue weighted by molar-refractivity contribution is 7.92. The van der Waals surface area contributed by atoms with Gasteiger partial charge in [-0.05, 0) is 93.5 Å². The summed E-state index contributed by atoms with van der Waals surface area (Å²) in [4.78, 5) is 39.1. The number of esters is 1. The molecule has 4 fully saturated rings. The normalized spacial score (nSPS) is 24.8. The number of halogens is 1. The zero-order valence-electron chi connectivity index (χ0n) is 22.9. The molecule has 0 radical (unpaired) electrons. The van der Waals surface area contributed by atoms with Gasteiger partial charge in [0.25, 0.3) is 15.6 Å². The molecule has 1 N–H and O–H groups in total. The second-order valence-corrected chi connectivity index (χ2v) is 13.9. The van der Waals surface area contributed by atoms with E-state index in [1.165, 1.54) is 36.1 Å².